The summed E-state index contributed by atoms with van der Waals surface area (Å²) in [6.07, 6.45) is 2.07. The Balaban J connectivity index is 2.19. The van der Waals surface area contributed by atoms with Crippen LogP contribution in [0.25, 0.3) is 5.65 Å². The minimum atomic E-state index is -0.118. The molecule has 0 radical (unpaired) electrons. The van der Waals surface area contributed by atoms with Gasteiger partial charge < -0.3 is 4.98 Å². The Bertz CT molecular complexity index is 749. The van der Waals surface area contributed by atoms with Crippen molar-refractivity contribution in [1.82, 2.24) is 14.6 Å². The van der Waals surface area contributed by atoms with E-state index in [0.29, 0.717) is 5.65 Å². The van der Waals surface area contributed by atoms with E-state index in [1.54, 1.807) is 4.52 Å². The molecule has 2 aromatic heterocycles. The highest BCUT2D eigenvalue weighted by Crippen LogP contribution is 2.22. The van der Waals surface area contributed by atoms with Crippen LogP contribution in [-0.2, 0) is 0 Å². The molecule has 0 aromatic carbocycles. The van der Waals surface area contributed by atoms with Gasteiger partial charge in [-0.05, 0) is 26.8 Å². The van der Waals surface area contributed by atoms with Gasteiger partial charge in [-0.2, -0.15) is 0 Å². The van der Waals surface area contributed by atoms with Gasteiger partial charge in [0.1, 0.15) is 6.04 Å². The largest absolute Gasteiger partial charge is 0.373 e. The Labute approximate surface area is 103 Å². The highest BCUT2D eigenvalue weighted by atomic mass is 16.1. The standard InChI is InChI=1S/C12H13N5O/c1-7-4-8(2)17(14-7)11-6-10-13-12(18)5-9(3)16(10)15-11/h4-6,8H,1-3H3/p+1. The molecule has 0 bridgehead atoms. The molecule has 1 N–H and O–H groups in total. The van der Waals surface area contributed by atoms with Gasteiger partial charge in [-0.1, -0.05) is 5.11 Å². The third-order valence-corrected chi connectivity index (χ3v) is 2.99. The molecule has 1 atom stereocenters. The summed E-state index contributed by atoms with van der Waals surface area (Å²) < 4.78 is 3.56. The molecule has 3 rings (SSSR count). The van der Waals surface area contributed by atoms with E-state index in [1.807, 2.05) is 24.6 Å². The summed E-state index contributed by atoms with van der Waals surface area (Å²) in [5.41, 5.74) is 2.34. The third-order valence-electron chi connectivity index (χ3n) is 2.99. The number of aryl methyl sites for hydroxylation is 1. The number of aromatic amines is 1. The van der Waals surface area contributed by atoms with Crippen LogP contribution in [0.15, 0.2) is 33.8 Å². The Hall–Kier alpha value is -2.24. The molecule has 1 unspecified atom stereocenters. The lowest BCUT2D eigenvalue weighted by Gasteiger charge is -1.96. The highest BCUT2D eigenvalue weighted by Gasteiger charge is 2.26. The summed E-state index contributed by atoms with van der Waals surface area (Å²) in [7, 11) is 0. The zero-order valence-electron chi connectivity index (χ0n) is 10.5. The predicted octanol–water partition coefficient (Wildman–Crippen LogP) is 1.73. The number of hydrogen-bond donors (Lipinski definition) is 1. The summed E-state index contributed by atoms with van der Waals surface area (Å²) in [4.78, 5) is 14.2. The fraction of sp³-hybridized carbons (Fsp3) is 0.333. The molecule has 0 amide bonds. The molecule has 1 aliphatic heterocycles. The number of azo groups is 2. The number of allylic oxidation sites excluding steroid dienone is 1. The van der Waals surface area contributed by atoms with Crippen LogP contribution in [0, 0.1) is 6.92 Å². The van der Waals surface area contributed by atoms with Crippen molar-refractivity contribution in [2.75, 3.05) is 0 Å². The monoisotopic (exact) mass is 244 g/mol. The van der Waals surface area contributed by atoms with Crippen molar-refractivity contribution >= 4 is 11.5 Å². The van der Waals surface area contributed by atoms with Gasteiger partial charge >= 0.3 is 5.82 Å². The maximum absolute atomic E-state index is 11.4. The van der Waals surface area contributed by atoms with Crippen molar-refractivity contribution in [3.05, 3.63) is 40.0 Å². The summed E-state index contributed by atoms with van der Waals surface area (Å²) in [5.74, 6) is 0.737. The van der Waals surface area contributed by atoms with Crippen molar-refractivity contribution < 1.29 is 4.70 Å². The Morgan fingerprint density at radius 3 is 2.83 bits per heavy atom. The maximum atomic E-state index is 11.4. The molecule has 1 aliphatic rings. The Morgan fingerprint density at radius 2 is 2.17 bits per heavy atom. The maximum Gasteiger partial charge on any atom is 0.373 e. The lowest BCUT2D eigenvalue weighted by Crippen LogP contribution is -2.11. The smallest absolute Gasteiger partial charge is 0.305 e. The second-order valence-electron chi connectivity index (χ2n) is 4.57. The summed E-state index contributed by atoms with van der Waals surface area (Å²) in [6.45, 7) is 5.87. The lowest BCUT2D eigenvalue weighted by atomic mass is 10.3. The normalized spacial score (nSPS) is 19.2. The molecular weight excluding hydrogens is 230 g/mol. The van der Waals surface area contributed by atoms with Crippen LogP contribution < -0.4 is 5.56 Å². The number of H-pyrrole nitrogens is 1. The average molecular weight is 244 g/mol. The highest BCUT2D eigenvalue weighted by molar-refractivity contribution is 5.45. The second kappa shape index (κ2) is 3.63. The van der Waals surface area contributed by atoms with Gasteiger partial charge in [-0.15, -0.1) is 9.21 Å². The van der Waals surface area contributed by atoms with Gasteiger partial charge in [0.2, 0.25) is 0 Å². The molecule has 0 saturated carbocycles. The molecule has 0 spiro atoms. The van der Waals surface area contributed by atoms with Crippen molar-refractivity contribution in [2.24, 2.45) is 5.11 Å². The Morgan fingerprint density at radius 1 is 1.39 bits per heavy atom. The first-order chi connectivity index (χ1) is 8.54. The molecule has 6 nitrogen and oxygen atoms in total. The molecule has 0 saturated heterocycles. The van der Waals surface area contributed by atoms with Gasteiger partial charge in [0, 0.05) is 6.07 Å². The second-order valence-corrected chi connectivity index (χ2v) is 4.57. The van der Waals surface area contributed by atoms with Crippen LogP contribution >= 0.6 is 0 Å². The summed E-state index contributed by atoms with van der Waals surface area (Å²) in [5, 5.41) is 8.88. The van der Waals surface area contributed by atoms with E-state index in [4.69, 9.17) is 0 Å². The minimum Gasteiger partial charge on any atom is -0.305 e. The first kappa shape index (κ1) is 10.9. The molecule has 92 valence electrons. The number of aromatic nitrogens is 3. The average Bonchev–Trinajstić information content (AvgIpc) is 2.81. The van der Waals surface area contributed by atoms with Gasteiger partial charge in [0.15, 0.2) is 5.65 Å². The number of nitrogens with zero attached hydrogens (tertiary/aromatic N) is 4. The van der Waals surface area contributed by atoms with E-state index < -0.39 is 0 Å². The molecule has 0 aliphatic carbocycles. The molecule has 6 heteroatoms. The number of rotatable bonds is 1. The van der Waals surface area contributed by atoms with E-state index in [1.165, 1.54) is 6.07 Å². The van der Waals surface area contributed by atoms with E-state index in [-0.39, 0.29) is 11.6 Å². The van der Waals surface area contributed by atoms with Crippen LogP contribution in [0.2, 0.25) is 0 Å². The van der Waals surface area contributed by atoms with Gasteiger partial charge in [0.05, 0.1) is 22.6 Å². The van der Waals surface area contributed by atoms with Crippen molar-refractivity contribution in [2.45, 2.75) is 26.8 Å². The van der Waals surface area contributed by atoms with Crippen molar-refractivity contribution in [3.63, 3.8) is 0 Å². The lowest BCUT2D eigenvalue weighted by molar-refractivity contribution is -0.530. The summed E-state index contributed by atoms with van der Waals surface area (Å²) >= 11 is 0. The van der Waals surface area contributed by atoms with Crippen molar-refractivity contribution in [1.29, 1.82) is 0 Å². The SMILES string of the molecule is CC1=CC(C)[N+](c2cc3[nH]c(=O)cc(C)n3n2)=N1. The minimum absolute atomic E-state index is 0.118. The van der Waals surface area contributed by atoms with E-state index in [0.717, 1.165) is 17.2 Å². The first-order valence-electron chi connectivity index (χ1n) is 5.83. The quantitative estimate of drug-likeness (QED) is 0.776. The number of fused-ring (bicyclic) bond motifs is 1. The molecule has 18 heavy (non-hydrogen) atoms. The van der Waals surface area contributed by atoms with E-state index >= 15 is 0 Å². The zero-order chi connectivity index (χ0) is 12.9. The van der Waals surface area contributed by atoms with E-state index in [9.17, 15) is 4.79 Å². The first-order valence-corrected chi connectivity index (χ1v) is 5.83. The van der Waals surface area contributed by atoms with Crippen LogP contribution in [0.5, 0.6) is 0 Å². The molecule has 3 heterocycles. The van der Waals surface area contributed by atoms with Crippen LogP contribution in [0.1, 0.15) is 19.5 Å². The zero-order valence-corrected chi connectivity index (χ0v) is 10.5. The van der Waals surface area contributed by atoms with Crippen molar-refractivity contribution in [3.8, 4) is 0 Å². The van der Waals surface area contributed by atoms with Crippen LogP contribution in [-0.4, -0.2) is 25.3 Å². The number of hydrogen-bond acceptors (Lipinski definition) is 3. The Kier molecular flexibility index (Phi) is 2.19. The topological polar surface area (TPSA) is 65.5 Å². The third kappa shape index (κ3) is 1.57. The van der Waals surface area contributed by atoms with Gasteiger partial charge in [0.25, 0.3) is 5.56 Å². The van der Waals surface area contributed by atoms with Gasteiger partial charge in [-0.25, -0.2) is 0 Å². The summed E-state index contributed by atoms with van der Waals surface area (Å²) in [6, 6.07) is 3.54. The fourth-order valence-corrected chi connectivity index (χ4v) is 2.23. The molecule has 2 aromatic rings. The van der Waals surface area contributed by atoms with E-state index in [2.05, 4.69) is 28.2 Å². The van der Waals surface area contributed by atoms with Crippen LogP contribution in [0.3, 0.4) is 0 Å². The predicted molar refractivity (Wildman–Crippen MR) is 66.1 cm³/mol. The van der Waals surface area contributed by atoms with Crippen LogP contribution in [0.4, 0.5) is 5.82 Å². The molecule has 0 fully saturated rings. The molecular formula is C12H14N5O+. The number of nitrogens with one attached hydrogen (secondary N) is 1. The van der Waals surface area contributed by atoms with Gasteiger partial charge in [-0.3, -0.25) is 4.79 Å². The fourth-order valence-electron chi connectivity index (χ4n) is 2.23.